The molecule has 148 valence electrons. The van der Waals surface area contributed by atoms with E-state index >= 15 is 0 Å². The molecule has 3 aromatic rings. The van der Waals surface area contributed by atoms with Crippen molar-refractivity contribution >= 4 is 11.6 Å². The van der Waals surface area contributed by atoms with Crippen LogP contribution in [0, 0.1) is 5.21 Å². The molecule has 1 aromatic carbocycles. The number of rotatable bonds is 5. The third-order valence-corrected chi connectivity index (χ3v) is 3.97. The lowest BCUT2D eigenvalue weighted by Crippen LogP contribution is -2.23. The van der Waals surface area contributed by atoms with Gasteiger partial charge in [0.25, 0.3) is 0 Å². The van der Waals surface area contributed by atoms with Gasteiger partial charge in [-0.2, -0.15) is 23.0 Å². The number of halogens is 3. The summed E-state index contributed by atoms with van der Waals surface area (Å²) >= 11 is 0. The van der Waals surface area contributed by atoms with Gasteiger partial charge in [0.1, 0.15) is 5.69 Å². The van der Waals surface area contributed by atoms with Gasteiger partial charge in [-0.05, 0) is 49.4 Å². The Kier molecular flexibility index (Phi) is 5.31. The smallest absolute Gasteiger partial charge is 0.416 e. The third-order valence-electron chi connectivity index (χ3n) is 3.97. The molecule has 0 bridgehead atoms. The zero-order chi connectivity index (χ0) is 21.2. The SMILES string of the molecule is CC(=O)C=CC(=O)c1cc(-c2cc[n+]([O-])cc2)nn1-c1ccc(C(F)(F)F)cc1. The van der Waals surface area contributed by atoms with Crippen LogP contribution in [0.15, 0.2) is 67.0 Å². The summed E-state index contributed by atoms with van der Waals surface area (Å²) in [7, 11) is 0. The first-order valence-corrected chi connectivity index (χ1v) is 8.35. The lowest BCUT2D eigenvalue weighted by Gasteiger charge is -2.09. The van der Waals surface area contributed by atoms with Crippen molar-refractivity contribution in [3.63, 3.8) is 0 Å². The number of ketones is 2. The summed E-state index contributed by atoms with van der Waals surface area (Å²) in [5.74, 6) is -0.879. The first-order chi connectivity index (χ1) is 13.6. The Morgan fingerprint density at radius 3 is 2.24 bits per heavy atom. The van der Waals surface area contributed by atoms with Crippen molar-refractivity contribution in [3.05, 3.63) is 83.5 Å². The van der Waals surface area contributed by atoms with Crippen LogP contribution in [0.25, 0.3) is 16.9 Å². The van der Waals surface area contributed by atoms with Gasteiger partial charge in [-0.1, -0.05) is 0 Å². The van der Waals surface area contributed by atoms with Crippen LogP contribution in [0.5, 0.6) is 0 Å². The van der Waals surface area contributed by atoms with E-state index in [-0.39, 0.29) is 17.2 Å². The predicted molar refractivity (Wildman–Crippen MR) is 97.1 cm³/mol. The molecule has 6 nitrogen and oxygen atoms in total. The molecule has 9 heteroatoms. The van der Waals surface area contributed by atoms with E-state index in [0.29, 0.717) is 16.0 Å². The molecule has 0 saturated heterocycles. The molecule has 0 fully saturated rings. The van der Waals surface area contributed by atoms with E-state index < -0.39 is 17.5 Å². The molecule has 3 rings (SSSR count). The van der Waals surface area contributed by atoms with Crippen molar-refractivity contribution < 1.29 is 27.5 Å². The molecule has 0 atom stereocenters. The summed E-state index contributed by atoms with van der Waals surface area (Å²) in [6.45, 7) is 1.28. The average Bonchev–Trinajstić information content (AvgIpc) is 3.11. The van der Waals surface area contributed by atoms with Gasteiger partial charge < -0.3 is 5.21 Å². The number of carbonyl (C=O) groups is 2. The Morgan fingerprint density at radius 1 is 1.07 bits per heavy atom. The molecule has 2 aromatic heterocycles. The standard InChI is InChI=1S/C20H14F3N3O3/c1-13(27)2-7-19(28)18-12-17(14-8-10-25(29)11-9-14)24-26(18)16-5-3-15(4-6-16)20(21,22)23/h2-12H,1H3. The fourth-order valence-electron chi connectivity index (χ4n) is 2.55. The molecule has 0 N–H and O–H groups in total. The molecule has 0 radical (unpaired) electrons. The monoisotopic (exact) mass is 401 g/mol. The van der Waals surface area contributed by atoms with E-state index in [1.807, 2.05) is 0 Å². The molecule has 0 amide bonds. The number of hydrogen-bond donors (Lipinski definition) is 0. The Morgan fingerprint density at radius 2 is 1.69 bits per heavy atom. The zero-order valence-electron chi connectivity index (χ0n) is 15.1. The summed E-state index contributed by atoms with van der Waals surface area (Å²) < 4.78 is 40.2. The zero-order valence-corrected chi connectivity index (χ0v) is 15.1. The summed E-state index contributed by atoms with van der Waals surface area (Å²) in [5.41, 5.74) is 0.327. The van der Waals surface area contributed by atoms with E-state index in [9.17, 15) is 28.0 Å². The van der Waals surface area contributed by atoms with Crippen LogP contribution in [-0.4, -0.2) is 21.3 Å². The molecule has 0 aliphatic rings. The van der Waals surface area contributed by atoms with Crippen LogP contribution >= 0.6 is 0 Å². The van der Waals surface area contributed by atoms with Crippen LogP contribution in [0.2, 0.25) is 0 Å². The first kappa shape index (κ1) is 20.0. The number of pyridine rings is 1. The van der Waals surface area contributed by atoms with E-state index in [4.69, 9.17) is 0 Å². The van der Waals surface area contributed by atoms with Gasteiger partial charge in [-0.3, -0.25) is 9.59 Å². The van der Waals surface area contributed by atoms with E-state index in [2.05, 4.69) is 5.10 Å². The molecule has 0 aliphatic carbocycles. The highest BCUT2D eigenvalue weighted by Gasteiger charge is 2.30. The first-order valence-electron chi connectivity index (χ1n) is 8.35. The lowest BCUT2D eigenvalue weighted by atomic mass is 10.1. The second kappa shape index (κ2) is 7.70. The fourth-order valence-corrected chi connectivity index (χ4v) is 2.55. The normalized spacial score (nSPS) is 11.7. The topological polar surface area (TPSA) is 78.9 Å². The Hall–Kier alpha value is -3.75. The Bertz CT molecular complexity index is 1080. The molecule has 0 saturated carbocycles. The number of nitrogens with zero attached hydrogens (tertiary/aromatic N) is 3. The molecule has 0 unspecified atom stereocenters. The van der Waals surface area contributed by atoms with Crippen molar-refractivity contribution in [3.8, 4) is 16.9 Å². The van der Waals surface area contributed by atoms with Crippen LogP contribution in [0.4, 0.5) is 13.2 Å². The van der Waals surface area contributed by atoms with Crippen molar-refractivity contribution in [1.29, 1.82) is 0 Å². The molecular weight excluding hydrogens is 387 g/mol. The number of hydrogen-bond acceptors (Lipinski definition) is 4. The maximum absolute atomic E-state index is 12.8. The van der Waals surface area contributed by atoms with Gasteiger partial charge in [0.05, 0.1) is 16.9 Å². The minimum atomic E-state index is -4.49. The summed E-state index contributed by atoms with van der Waals surface area (Å²) in [4.78, 5) is 23.7. The maximum Gasteiger partial charge on any atom is 0.416 e. The summed E-state index contributed by atoms with van der Waals surface area (Å²) in [5, 5.41) is 15.5. The highest BCUT2D eigenvalue weighted by Crippen LogP contribution is 2.30. The number of allylic oxidation sites excluding steroid dienone is 2. The number of benzene rings is 1. The number of carbonyl (C=O) groups excluding carboxylic acids is 2. The molecular formula is C20H14F3N3O3. The van der Waals surface area contributed by atoms with E-state index in [1.165, 1.54) is 54.3 Å². The van der Waals surface area contributed by atoms with Crippen molar-refractivity contribution in [1.82, 2.24) is 9.78 Å². The van der Waals surface area contributed by atoms with Crippen molar-refractivity contribution in [2.45, 2.75) is 13.1 Å². The second-order valence-corrected chi connectivity index (χ2v) is 6.13. The largest absolute Gasteiger partial charge is 0.619 e. The van der Waals surface area contributed by atoms with E-state index in [1.54, 1.807) is 0 Å². The second-order valence-electron chi connectivity index (χ2n) is 6.13. The minimum absolute atomic E-state index is 0.0520. The maximum atomic E-state index is 12.8. The highest BCUT2D eigenvalue weighted by atomic mass is 19.4. The number of alkyl halides is 3. The Labute approximate surface area is 163 Å². The summed E-state index contributed by atoms with van der Waals surface area (Å²) in [6, 6.07) is 8.59. The van der Waals surface area contributed by atoms with Gasteiger partial charge in [-0.25, -0.2) is 4.68 Å². The van der Waals surface area contributed by atoms with Gasteiger partial charge >= 0.3 is 6.18 Å². The van der Waals surface area contributed by atoms with Crippen LogP contribution < -0.4 is 4.73 Å². The van der Waals surface area contributed by atoms with Gasteiger partial charge in [0.2, 0.25) is 5.78 Å². The van der Waals surface area contributed by atoms with Crippen molar-refractivity contribution in [2.75, 3.05) is 0 Å². The molecule has 2 heterocycles. The fraction of sp³-hybridized carbons (Fsp3) is 0.100. The average molecular weight is 401 g/mol. The highest BCUT2D eigenvalue weighted by molar-refractivity contribution is 6.07. The number of aromatic nitrogens is 3. The van der Waals surface area contributed by atoms with Crippen LogP contribution in [-0.2, 0) is 11.0 Å². The van der Waals surface area contributed by atoms with Crippen LogP contribution in [0.3, 0.4) is 0 Å². The lowest BCUT2D eigenvalue weighted by molar-refractivity contribution is -0.605. The quantitative estimate of drug-likeness (QED) is 0.284. The van der Waals surface area contributed by atoms with Crippen LogP contribution in [0.1, 0.15) is 23.0 Å². The molecule has 29 heavy (non-hydrogen) atoms. The predicted octanol–water partition coefficient (Wildman–Crippen LogP) is 3.52. The molecule has 0 spiro atoms. The van der Waals surface area contributed by atoms with Crippen molar-refractivity contribution in [2.24, 2.45) is 0 Å². The van der Waals surface area contributed by atoms with E-state index in [0.717, 1.165) is 24.3 Å². The minimum Gasteiger partial charge on any atom is -0.619 e. The summed E-state index contributed by atoms with van der Waals surface area (Å²) in [6.07, 6.45) is 0.178. The van der Waals surface area contributed by atoms with Gasteiger partial charge in [0.15, 0.2) is 18.2 Å². The molecule has 0 aliphatic heterocycles. The third kappa shape index (κ3) is 4.57. The van der Waals surface area contributed by atoms with Gasteiger partial charge in [-0.15, -0.1) is 0 Å². The Balaban J connectivity index is 2.09. The van der Waals surface area contributed by atoms with Gasteiger partial charge in [0, 0.05) is 17.7 Å².